The molecule has 180 valence electrons. The summed E-state index contributed by atoms with van der Waals surface area (Å²) >= 11 is 0. The number of hydrogen-bond donors (Lipinski definition) is 0. The Balaban J connectivity index is 1.99. The first kappa shape index (κ1) is 25.4. The van der Waals surface area contributed by atoms with Crippen molar-refractivity contribution in [1.82, 2.24) is 4.67 Å². The van der Waals surface area contributed by atoms with Crippen LogP contribution in [-0.2, 0) is 0 Å². The van der Waals surface area contributed by atoms with E-state index >= 15 is 0 Å². The number of rotatable bonds is 5. The van der Waals surface area contributed by atoms with Crippen molar-refractivity contribution in [3.05, 3.63) is 0 Å². The molecule has 31 heavy (non-hydrogen) atoms. The Hall–Kier alpha value is 1.26. The van der Waals surface area contributed by atoms with Crippen molar-refractivity contribution < 1.29 is 0 Å². The van der Waals surface area contributed by atoms with Gasteiger partial charge in [-0.15, -0.1) is 0 Å². The molecule has 0 amide bonds. The van der Waals surface area contributed by atoms with E-state index in [0.717, 1.165) is 32.7 Å². The highest BCUT2D eigenvalue weighted by molar-refractivity contribution is 7.72. The van der Waals surface area contributed by atoms with Crippen molar-refractivity contribution in [1.29, 1.82) is 0 Å². The zero-order valence-electron chi connectivity index (χ0n) is 23.2. The van der Waals surface area contributed by atoms with Crippen LogP contribution in [0.5, 0.6) is 0 Å². The Morgan fingerprint density at radius 1 is 0.516 bits per heavy atom. The van der Waals surface area contributed by atoms with Crippen molar-refractivity contribution in [3.8, 4) is 0 Å². The standard InChI is InChI=1S/C25H54NPSi4/c1-28(2,3)24(29(4,5)6)13-14-25(30(7,8)9,31(10,11)12)27(24)26-22-16-20-15-21(18-22)19-23(26)17-20/h20-23H,13-19H2,1-12H3. The summed E-state index contributed by atoms with van der Waals surface area (Å²) in [5, 5.41) is 0. The summed E-state index contributed by atoms with van der Waals surface area (Å²) in [6.45, 7) is 33.7. The number of piperidine rings is 2. The van der Waals surface area contributed by atoms with Gasteiger partial charge in [-0.05, 0) is 73.7 Å². The minimum absolute atomic E-state index is 0.0624. The van der Waals surface area contributed by atoms with Crippen molar-refractivity contribution in [2.24, 2.45) is 11.8 Å². The van der Waals surface area contributed by atoms with E-state index in [4.69, 9.17) is 0 Å². The van der Waals surface area contributed by atoms with Gasteiger partial charge in [-0.1, -0.05) is 78.6 Å². The molecule has 3 saturated heterocycles. The summed E-state index contributed by atoms with van der Waals surface area (Å²) < 4.78 is 4.90. The zero-order chi connectivity index (χ0) is 23.4. The molecule has 2 aliphatic carbocycles. The molecule has 0 N–H and O–H groups in total. The molecule has 5 rings (SSSR count). The van der Waals surface area contributed by atoms with Crippen LogP contribution in [0.15, 0.2) is 0 Å². The lowest BCUT2D eigenvalue weighted by Gasteiger charge is -2.69. The molecule has 0 unspecified atom stereocenters. The van der Waals surface area contributed by atoms with Crippen LogP contribution in [0.25, 0.3) is 0 Å². The highest BCUT2D eigenvalue weighted by Crippen LogP contribution is 2.81. The highest BCUT2D eigenvalue weighted by Gasteiger charge is 2.74. The van der Waals surface area contributed by atoms with E-state index in [1.165, 1.54) is 0 Å². The summed E-state index contributed by atoms with van der Waals surface area (Å²) in [6.07, 6.45) is 11.0. The molecule has 6 heteroatoms. The largest absolute Gasteiger partial charge is 0.276 e. The predicted molar refractivity (Wildman–Crippen MR) is 154 cm³/mol. The Morgan fingerprint density at radius 3 is 1.06 bits per heavy atom. The minimum Gasteiger partial charge on any atom is -0.276 e. The summed E-state index contributed by atoms with van der Waals surface area (Å²) in [6, 6.07) is 1.92. The van der Waals surface area contributed by atoms with Crippen LogP contribution in [0.3, 0.4) is 0 Å². The fourth-order valence-corrected chi connectivity index (χ4v) is 50.0. The molecule has 1 nitrogen and oxygen atoms in total. The molecule has 0 aromatic rings. The maximum Gasteiger partial charge on any atom is 0.0541 e. The van der Waals surface area contributed by atoms with E-state index < -0.39 is 32.3 Å². The summed E-state index contributed by atoms with van der Waals surface area (Å²) in [4.78, 5) is 0. The quantitative estimate of drug-likeness (QED) is 0.264. The molecule has 5 fully saturated rings. The van der Waals surface area contributed by atoms with Gasteiger partial charge in [0.2, 0.25) is 0 Å². The molecule has 0 atom stereocenters. The second-order valence-corrected chi connectivity index (χ2v) is 42.8. The Kier molecular flexibility index (Phi) is 6.04. The van der Waals surface area contributed by atoms with Crippen LogP contribution in [0.1, 0.15) is 44.9 Å². The third-order valence-electron chi connectivity index (χ3n) is 10.6. The average Bonchev–Trinajstić information content (AvgIpc) is 2.91. The maximum absolute atomic E-state index is 3.45. The Labute approximate surface area is 200 Å². The second kappa shape index (κ2) is 7.38. The molecule has 0 radical (unpaired) electrons. The predicted octanol–water partition coefficient (Wildman–Crippen LogP) is 8.43. The van der Waals surface area contributed by atoms with Gasteiger partial charge >= 0.3 is 0 Å². The topological polar surface area (TPSA) is 3.24 Å². The fourth-order valence-electron chi connectivity index (χ4n) is 10.2. The fraction of sp³-hybridized carbons (Fsp3) is 1.00. The van der Waals surface area contributed by atoms with Gasteiger partial charge in [0.15, 0.2) is 0 Å². The third kappa shape index (κ3) is 3.43. The molecule has 0 spiro atoms. The van der Waals surface area contributed by atoms with E-state index in [2.05, 4.69) is 83.2 Å². The van der Waals surface area contributed by atoms with Crippen molar-refractivity contribution >= 4 is 40.4 Å². The number of hydrogen-bond acceptors (Lipinski definition) is 1. The van der Waals surface area contributed by atoms with E-state index in [-0.39, 0.29) is 8.07 Å². The summed E-state index contributed by atoms with van der Waals surface area (Å²) in [5.74, 6) is 2.16. The second-order valence-electron chi connectivity index (χ2n) is 16.1. The van der Waals surface area contributed by atoms with Gasteiger partial charge in [0.05, 0.1) is 32.3 Å². The van der Waals surface area contributed by atoms with Crippen LogP contribution in [0.2, 0.25) is 78.6 Å². The van der Waals surface area contributed by atoms with Crippen molar-refractivity contribution in [3.63, 3.8) is 0 Å². The Bertz CT molecular complexity index is 613. The molecule has 0 aromatic carbocycles. The average molecular weight is 512 g/mol. The highest BCUT2D eigenvalue weighted by atomic mass is 31.1. The molecule has 3 aliphatic heterocycles. The lowest BCUT2D eigenvalue weighted by atomic mass is 9.65. The van der Waals surface area contributed by atoms with Crippen LogP contribution in [0.4, 0.5) is 0 Å². The molecule has 3 heterocycles. The molecular weight excluding hydrogens is 458 g/mol. The zero-order valence-corrected chi connectivity index (χ0v) is 28.0. The van der Waals surface area contributed by atoms with Crippen LogP contribution >= 0.6 is 8.07 Å². The molecular formula is C25H54NPSi4. The molecule has 0 aromatic heterocycles. The number of nitrogens with zero attached hydrogens (tertiary/aromatic N) is 1. The van der Waals surface area contributed by atoms with Gasteiger partial charge in [-0.2, -0.15) is 0 Å². The van der Waals surface area contributed by atoms with E-state index in [1.807, 2.05) is 0 Å². The van der Waals surface area contributed by atoms with Crippen LogP contribution < -0.4 is 0 Å². The van der Waals surface area contributed by atoms with Crippen molar-refractivity contribution in [2.45, 2.75) is 144 Å². The third-order valence-corrected chi connectivity index (χ3v) is 44.1. The summed E-state index contributed by atoms with van der Waals surface area (Å²) in [5.41, 5.74) is 0. The van der Waals surface area contributed by atoms with Gasteiger partial charge in [0, 0.05) is 12.1 Å². The van der Waals surface area contributed by atoms with Gasteiger partial charge < -0.3 is 0 Å². The first-order valence-electron chi connectivity index (χ1n) is 13.5. The first-order chi connectivity index (χ1) is 13.9. The molecule has 2 saturated carbocycles. The monoisotopic (exact) mass is 511 g/mol. The summed E-state index contributed by atoms with van der Waals surface area (Å²) in [7, 11) is -5.52. The van der Waals surface area contributed by atoms with Gasteiger partial charge in [0.25, 0.3) is 0 Å². The molecule has 4 bridgehead atoms. The van der Waals surface area contributed by atoms with Crippen molar-refractivity contribution in [2.75, 3.05) is 0 Å². The minimum atomic E-state index is -1.36. The lowest BCUT2D eigenvalue weighted by molar-refractivity contribution is -0.00567. The smallest absolute Gasteiger partial charge is 0.0541 e. The molecule has 5 aliphatic rings. The normalized spacial score (nSPS) is 36.4. The van der Waals surface area contributed by atoms with E-state index in [9.17, 15) is 0 Å². The first-order valence-corrected chi connectivity index (χ1v) is 28.7. The van der Waals surface area contributed by atoms with Gasteiger partial charge in [-0.3, -0.25) is 4.67 Å². The maximum atomic E-state index is 3.45. The lowest BCUT2D eigenvalue weighted by Crippen LogP contribution is -2.73. The van der Waals surface area contributed by atoms with E-state index in [0.29, 0.717) is 0 Å². The van der Waals surface area contributed by atoms with E-state index in [1.54, 1.807) is 44.9 Å². The van der Waals surface area contributed by atoms with Gasteiger partial charge in [0.1, 0.15) is 0 Å². The SMILES string of the molecule is C[Si](C)(C)C1([Si](C)(C)C)CCC([Si](C)(C)C)([Si](C)(C)C)P1N1C2CC3CC(C2)CC1C3. The van der Waals surface area contributed by atoms with Crippen LogP contribution in [0, 0.1) is 11.8 Å². The van der Waals surface area contributed by atoms with Gasteiger partial charge in [-0.25, -0.2) is 0 Å². The Morgan fingerprint density at radius 2 is 0.806 bits per heavy atom. The van der Waals surface area contributed by atoms with Crippen LogP contribution in [-0.4, -0.2) is 57.9 Å².